The molecule has 0 saturated carbocycles. The second-order valence-electron chi connectivity index (χ2n) is 8.67. The number of ether oxygens (including phenoxy) is 3. The van der Waals surface area contributed by atoms with E-state index in [1.54, 1.807) is 58.4 Å². The van der Waals surface area contributed by atoms with Crippen LogP contribution in [0, 0.1) is 0 Å². The number of aromatic nitrogens is 1. The average molecular weight is 531 g/mol. The van der Waals surface area contributed by atoms with E-state index in [1.807, 2.05) is 30.3 Å². The lowest BCUT2D eigenvalue weighted by molar-refractivity contribution is -0.139. The Hall–Kier alpha value is -4.37. The lowest BCUT2D eigenvalue weighted by Crippen LogP contribution is -2.40. The summed E-state index contributed by atoms with van der Waals surface area (Å²) >= 11 is 1.21. The molecular weight excluding hydrogens is 504 g/mol. The summed E-state index contributed by atoms with van der Waals surface area (Å²) < 4.78 is 18.6. The highest BCUT2D eigenvalue weighted by Crippen LogP contribution is 2.41. The Balaban J connectivity index is 1.87. The van der Waals surface area contributed by atoms with Gasteiger partial charge in [0.05, 0.1) is 36.6 Å². The number of thiazole rings is 1. The van der Waals surface area contributed by atoms with Gasteiger partial charge in [0, 0.05) is 5.56 Å². The van der Waals surface area contributed by atoms with E-state index in [1.165, 1.54) is 15.9 Å². The Morgan fingerprint density at radius 2 is 1.92 bits per heavy atom. The van der Waals surface area contributed by atoms with Crippen LogP contribution >= 0.6 is 11.3 Å². The molecule has 0 spiro atoms. The lowest BCUT2D eigenvalue weighted by Gasteiger charge is -2.27. The first-order valence-electron chi connectivity index (χ1n) is 12.0. The molecule has 1 N–H and O–H groups in total. The predicted molar refractivity (Wildman–Crippen MR) is 146 cm³/mol. The van der Waals surface area contributed by atoms with Crippen LogP contribution < -0.4 is 24.4 Å². The number of phenolic OH excluding ortho intramolecular Hbond substituents is 1. The zero-order valence-electron chi connectivity index (χ0n) is 21.3. The number of carbonyl (C=O) groups is 1. The van der Waals surface area contributed by atoms with Crippen LogP contribution in [0.25, 0.3) is 16.8 Å². The predicted octanol–water partition coefficient (Wildman–Crippen LogP) is 3.67. The zero-order chi connectivity index (χ0) is 27.0. The number of carbonyl (C=O) groups excluding carboxylic acids is 1. The molecule has 8 nitrogen and oxygen atoms in total. The van der Waals surface area contributed by atoms with Gasteiger partial charge in [0.1, 0.15) is 23.3 Å². The third kappa shape index (κ3) is 4.35. The molecule has 38 heavy (non-hydrogen) atoms. The number of phenols is 1. The highest BCUT2D eigenvalue weighted by molar-refractivity contribution is 7.07. The zero-order valence-corrected chi connectivity index (χ0v) is 22.2. The monoisotopic (exact) mass is 530 g/mol. The van der Waals surface area contributed by atoms with Crippen molar-refractivity contribution in [1.29, 1.82) is 0 Å². The molecule has 5 rings (SSSR count). The normalized spacial score (nSPS) is 15.3. The molecule has 1 aliphatic rings. The van der Waals surface area contributed by atoms with Crippen molar-refractivity contribution in [2.24, 2.45) is 4.99 Å². The summed E-state index contributed by atoms with van der Waals surface area (Å²) in [4.78, 5) is 32.4. The van der Waals surface area contributed by atoms with Crippen LogP contribution in [0.2, 0.25) is 0 Å². The van der Waals surface area contributed by atoms with Gasteiger partial charge >= 0.3 is 5.97 Å². The SMILES string of the molecule is CCOC(=O)C1=C(C)N=c2sc(=Cc3cccc(O)c3)c(=O)n2C1c1c(OC)ccc2ccc(OC)cc12. The molecule has 1 unspecified atom stereocenters. The number of benzene rings is 3. The van der Waals surface area contributed by atoms with Crippen LogP contribution in [-0.2, 0) is 9.53 Å². The Kier molecular flexibility index (Phi) is 6.77. The van der Waals surface area contributed by atoms with Gasteiger partial charge in [0.15, 0.2) is 4.80 Å². The largest absolute Gasteiger partial charge is 0.508 e. The van der Waals surface area contributed by atoms with Crippen LogP contribution in [-0.4, -0.2) is 36.5 Å². The standard InChI is InChI=1S/C29H26N2O6S/c1-5-37-28(34)24-16(2)30-29-31(27(33)23(38-29)14-17-7-6-8-19(32)13-17)26(24)25-21-15-20(35-3)11-9-18(21)10-12-22(25)36-4/h6-15,26,32H,5H2,1-4H3. The maximum Gasteiger partial charge on any atom is 0.338 e. The third-order valence-electron chi connectivity index (χ3n) is 6.41. The molecule has 3 aromatic carbocycles. The molecule has 0 aliphatic carbocycles. The molecular formula is C29H26N2O6S. The van der Waals surface area contributed by atoms with Crippen LogP contribution in [0.3, 0.4) is 0 Å². The highest BCUT2D eigenvalue weighted by atomic mass is 32.1. The molecule has 9 heteroatoms. The van der Waals surface area contributed by atoms with E-state index in [0.717, 1.165) is 10.8 Å². The summed E-state index contributed by atoms with van der Waals surface area (Å²) in [6.45, 7) is 3.64. The van der Waals surface area contributed by atoms with Crippen LogP contribution in [0.15, 0.2) is 75.7 Å². The van der Waals surface area contributed by atoms with E-state index in [-0.39, 0.29) is 23.5 Å². The summed E-state index contributed by atoms with van der Waals surface area (Å²) in [5.74, 6) is 0.679. The number of fused-ring (bicyclic) bond motifs is 2. The Labute approximate surface area is 222 Å². The molecule has 4 aromatic rings. The fourth-order valence-corrected chi connectivity index (χ4v) is 5.77. The van der Waals surface area contributed by atoms with Crippen molar-refractivity contribution in [2.45, 2.75) is 19.9 Å². The lowest BCUT2D eigenvalue weighted by atomic mass is 9.90. The first-order chi connectivity index (χ1) is 18.4. The van der Waals surface area contributed by atoms with Gasteiger partial charge < -0.3 is 19.3 Å². The number of nitrogens with zero attached hydrogens (tertiary/aromatic N) is 2. The number of aromatic hydroxyl groups is 1. The maximum absolute atomic E-state index is 14.0. The van der Waals surface area contributed by atoms with Crippen LogP contribution in [0.1, 0.15) is 31.0 Å². The molecule has 194 valence electrons. The van der Waals surface area contributed by atoms with E-state index in [4.69, 9.17) is 14.2 Å². The summed E-state index contributed by atoms with van der Waals surface area (Å²) in [6.07, 6.45) is 1.70. The number of allylic oxidation sites excluding steroid dienone is 1. The molecule has 1 atom stereocenters. The van der Waals surface area contributed by atoms with Gasteiger partial charge in [0.2, 0.25) is 0 Å². The maximum atomic E-state index is 14.0. The van der Waals surface area contributed by atoms with Crippen LogP contribution in [0.5, 0.6) is 17.2 Å². The van der Waals surface area contributed by atoms with Gasteiger partial charge in [-0.3, -0.25) is 9.36 Å². The Morgan fingerprint density at radius 3 is 2.63 bits per heavy atom. The number of rotatable bonds is 6. The van der Waals surface area contributed by atoms with Gasteiger partial charge in [0.25, 0.3) is 5.56 Å². The molecule has 0 bridgehead atoms. The van der Waals surface area contributed by atoms with Gasteiger partial charge in [-0.05, 0) is 66.6 Å². The summed E-state index contributed by atoms with van der Waals surface area (Å²) in [5.41, 5.74) is 1.70. The topological polar surface area (TPSA) is 99.4 Å². The molecule has 1 aromatic heterocycles. The smallest absolute Gasteiger partial charge is 0.338 e. The van der Waals surface area contributed by atoms with Crippen molar-refractivity contribution in [3.8, 4) is 17.2 Å². The second kappa shape index (κ2) is 10.2. The van der Waals surface area contributed by atoms with Crippen molar-refractivity contribution in [1.82, 2.24) is 4.57 Å². The van der Waals surface area contributed by atoms with Crippen molar-refractivity contribution in [3.05, 3.63) is 96.7 Å². The second-order valence-corrected chi connectivity index (χ2v) is 9.67. The van der Waals surface area contributed by atoms with Crippen molar-refractivity contribution < 1.29 is 24.1 Å². The number of hydrogen-bond donors (Lipinski definition) is 1. The van der Waals surface area contributed by atoms with E-state index >= 15 is 0 Å². The Morgan fingerprint density at radius 1 is 1.13 bits per heavy atom. The number of hydrogen-bond acceptors (Lipinski definition) is 8. The molecule has 0 fully saturated rings. The Bertz CT molecular complexity index is 1780. The molecule has 0 amide bonds. The average Bonchev–Trinajstić information content (AvgIpc) is 3.21. The first-order valence-corrected chi connectivity index (χ1v) is 12.8. The van der Waals surface area contributed by atoms with Crippen molar-refractivity contribution in [2.75, 3.05) is 20.8 Å². The van der Waals surface area contributed by atoms with Gasteiger partial charge in [-0.15, -0.1) is 0 Å². The van der Waals surface area contributed by atoms with E-state index < -0.39 is 12.0 Å². The van der Waals surface area contributed by atoms with Gasteiger partial charge in [-0.2, -0.15) is 0 Å². The quantitative estimate of drug-likeness (QED) is 0.382. The molecule has 0 saturated heterocycles. The molecule has 2 heterocycles. The van der Waals surface area contributed by atoms with E-state index in [9.17, 15) is 14.7 Å². The number of methoxy groups -OCH3 is 2. The van der Waals surface area contributed by atoms with Crippen LogP contribution in [0.4, 0.5) is 0 Å². The van der Waals surface area contributed by atoms with Crippen molar-refractivity contribution in [3.63, 3.8) is 0 Å². The summed E-state index contributed by atoms with van der Waals surface area (Å²) in [6, 6.07) is 15.2. The minimum atomic E-state index is -0.859. The van der Waals surface area contributed by atoms with Crippen molar-refractivity contribution >= 4 is 34.2 Å². The van der Waals surface area contributed by atoms with E-state index in [2.05, 4.69) is 4.99 Å². The summed E-state index contributed by atoms with van der Waals surface area (Å²) in [5, 5.41) is 11.6. The fraction of sp³-hybridized carbons (Fsp3) is 0.207. The highest BCUT2D eigenvalue weighted by Gasteiger charge is 2.36. The number of esters is 1. The molecule has 0 radical (unpaired) electrons. The third-order valence-corrected chi connectivity index (χ3v) is 7.39. The minimum absolute atomic E-state index is 0.0966. The summed E-state index contributed by atoms with van der Waals surface area (Å²) in [7, 11) is 3.14. The van der Waals surface area contributed by atoms with Gasteiger partial charge in [-0.1, -0.05) is 35.6 Å². The fourth-order valence-electron chi connectivity index (χ4n) is 4.72. The van der Waals surface area contributed by atoms with Gasteiger partial charge in [-0.25, -0.2) is 9.79 Å². The van der Waals surface area contributed by atoms with E-state index in [0.29, 0.717) is 37.7 Å². The minimum Gasteiger partial charge on any atom is -0.508 e. The first kappa shape index (κ1) is 25.3. The molecule has 1 aliphatic heterocycles.